The quantitative estimate of drug-likeness (QED) is 0.644. The average molecular weight is 293 g/mol. The van der Waals surface area contributed by atoms with Crippen LogP contribution in [0.3, 0.4) is 0 Å². The van der Waals surface area contributed by atoms with E-state index in [0.717, 1.165) is 11.2 Å². The van der Waals surface area contributed by atoms with Crippen LogP contribution in [-0.4, -0.2) is 34.9 Å². The Kier molecular flexibility index (Phi) is 4.35. The van der Waals surface area contributed by atoms with Crippen molar-refractivity contribution in [3.05, 3.63) is 12.0 Å². The first-order chi connectivity index (χ1) is 9.26. The first-order valence-corrected chi connectivity index (χ1v) is 7.33. The number of thiol groups is 1. The number of aromatic nitrogens is 2. The fraction of sp³-hybridized carbons (Fsp3) is 0.714. The van der Waals surface area contributed by atoms with Crippen LogP contribution < -0.4 is 10.2 Å². The summed E-state index contributed by atoms with van der Waals surface area (Å²) in [7, 11) is 3.34. The molecule has 0 saturated heterocycles. The van der Waals surface area contributed by atoms with Crippen molar-refractivity contribution in [2.45, 2.75) is 56.8 Å². The second kappa shape index (κ2) is 5.56. The van der Waals surface area contributed by atoms with Crippen LogP contribution in [0.2, 0.25) is 0 Å². The van der Waals surface area contributed by atoms with Crippen LogP contribution in [-0.2, 0) is 4.65 Å². The molecular weight excluding hydrogens is 271 g/mol. The highest BCUT2D eigenvalue weighted by Crippen LogP contribution is 2.38. The van der Waals surface area contributed by atoms with Gasteiger partial charge in [-0.05, 0) is 40.5 Å². The highest BCUT2D eigenvalue weighted by atomic mass is 32.1. The highest BCUT2D eigenvalue weighted by Gasteiger charge is 2.36. The lowest BCUT2D eigenvalue weighted by atomic mass is 9.82. The van der Waals surface area contributed by atoms with Gasteiger partial charge in [0.1, 0.15) is 6.33 Å². The molecule has 6 heteroatoms. The maximum Gasteiger partial charge on any atom is 0.338 e. The van der Waals surface area contributed by atoms with Crippen molar-refractivity contribution >= 4 is 25.6 Å². The smallest absolute Gasteiger partial charge is 0.338 e. The molecule has 4 nitrogen and oxygen atoms in total. The van der Waals surface area contributed by atoms with E-state index in [0.29, 0.717) is 11.8 Å². The van der Waals surface area contributed by atoms with Crippen molar-refractivity contribution in [3.63, 3.8) is 0 Å². The summed E-state index contributed by atoms with van der Waals surface area (Å²) in [5.41, 5.74) is 1.45. The number of methoxy groups -OCH3 is 1. The van der Waals surface area contributed by atoms with E-state index >= 15 is 0 Å². The zero-order valence-electron chi connectivity index (χ0n) is 12.8. The lowest BCUT2D eigenvalue weighted by molar-refractivity contribution is 0.0853. The average Bonchev–Trinajstić information content (AvgIpc) is 3.18. The number of rotatable bonds is 6. The van der Waals surface area contributed by atoms with Crippen LogP contribution in [0.25, 0.3) is 0 Å². The van der Waals surface area contributed by atoms with Gasteiger partial charge in [-0.2, -0.15) is 12.6 Å². The first kappa shape index (κ1) is 15.6. The number of ether oxygens (including phenoxy) is 1. The van der Waals surface area contributed by atoms with Crippen molar-refractivity contribution in [2.75, 3.05) is 7.11 Å². The van der Waals surface area contributed by atoms with E-state index in [1.165, 1.54) is 12.8 Å². The van der Waals surface area contributed by atoms with Gasteiger partial charge in [-0.25, -0.2) is 9.97 Å². The minimum absolute atomic E-state index is 0.272. The van der Waals surface area contributed by atoms with E-state index in [2.05, 4.69) is 22.6 Å². The van der Waals surface area contributed by atoms with Gasteiger partial charge in [0.05, 0.1) is 12.7 Å². The summed E-state index contributed by atoms with van der Waals surface area (Å²) < 4.78 is 11.0. The molecule has 0 bridgehead atoms. The minimum atomic E-state index is -0.419. The molecule has 1 aromatic heterocycles. The predicted molar refractivity (Wildman–Crippen MR) is 84.2 cm³/mol. The lowest BCUT2D eigenvalue weighted by Crippen LogP contribution is -2.46. The van der Waals surface area contributed by atoms with E-state index in [-0.39, 0.29) is 4.75 Å². The van der Waals surface area contributed by atoms with Crippen LogP contribution >= 0.6 is 12.6 Å². The molecular formula is C14H22BN2O2S. The van der Waals surface area contributed by atoms with Gasteiger partial charge in [0.2, 0.25) is 5.88 Å². The number of hydrogen-bond donors (Lipinski definition) is 1. The van der Waals surface area contributed by atoms with E-state index < -0.39 is 5.60 Å². The van der Waals surface area contributed by atoms with E-state index in [9.17, 15) is 0 Å². The minimum Gasteiger partial charge on any atom is -0.481 e. The third kappa shape index (κ3) is 3.28. The number of nitrogens with zero attached hydrogens (tertiary/aromatic N) is 2. The normalized spacial score (nSPS) is 16.1. The summed E-state index contributed by atoms with van der Waals surface area (Å²) in [6.07, 6.45) is 3.89. The summed E-state index contributed by atoms with van der Waals surface area (Å²) in [5.74, 6) is 1.07. The molecule has 1 aliphatic carbocycles. The fourth-order valence-corrected chi connectivity index (χ4v) is 1.75. The summed E-state index contributed by atoms with van der Waals surface area (Å²) in [6, 6.07) is 0. The SMILES string of the molecule is COc1ncnc(C2CC2)c1[B]OC(C)(C)C(C)(C)S. The Morgan fingerprint density at radius 1 is 1.25 bits per heavy atom. The second-order valence-electron chi connectivity index (χ2n) is 6.26. The van der Waals surface area contributed by atoms with Crippen molar-refractivity contribution in [3.8, 4) is 5.88 Å². The zero-order chi connectivity index (χ0) is 15.0. The van der Waals surface area contributed by atoms with Crippen molar-refractivity contribution in [2.24, 2.45) is 0 Å². The van der Waals surface area contributed by atoms with E-state index in [4.69, 9.17) is 9.39 Å². The Morgan fingerprint density at radius 2 is 1.90 bits per heavy atom. The Balaban J connectivity index is 2.20. The fourth-order valence-electron chi connectivity index (χ4n) is 1.70. The third-order valence-corrected chi connectivity index (χ3v) is 4.52. The van der Waals surface area contributed by atoms with Gasteiger partial charge >= 0.3 is 7.48 Å². The Morgan fingerprint density at radius 3 is 2.40 bits per heavy atom. The Hall–Kier alpha value is -0.745. The molecule has 20 heavy (non-hydrogen) atoms. The maximum absolute atomic E-state index is 5.98. The largest absolute Gasteiger partial charge is 0.481 e. The molecule has 0 aromatic carbocycles. The van der Waals surface area contributed by atoms with Gasteiger partial charge in [0.25, 0.3) is 0 Å². The van der Waals surface area contributed by atoms with Gasteiger partial charge in [0.15, 0.2) is 0 Å². The standard InChI is InChI=1S/C14H22BN2O2S/c1-13(2,14(3,4)20)19-15-10-11(9-6-7-9)16-8-17-12(10)18-5/h8-9,20H,6-7H2,1-5H3. The molecule has 0 aliphatic heterocycles. The third-order valence-electron chi connectivity index (χ3n) is 3.98. The van der Waals surface area contributed by atoms with Gasteiger partial charge in [-0.3, -0.25) is 0 Å². The molecule has 1 heterocycles. The topological polar surface area (TPSA) is 44.2 Å². The molecule has 109 valence electrons. The van der Waals surface area contributed by atoms with Gasteiger partial charge in [-0.15, -0.1) is 0 Å². The molecule has 0 N–H and O–H groups in total. The number of hydrogen-bond acceptors (Lipinski definition) is 5. The zero-order valence-corrected chi connectivity index (χ0v) is 13.7. The van der Waals surface area contributed by atoms with E-state index in [1.807, 2.05) is 27.7 Å². The molecule has 0 unspecified atom stereocenters. The van der Waals surface area contributed by atoms with Crippen LogP contribution in [0.1, 0.15) is 52.1 Å². The van der Waals surface area contributed by atoms with Crippen LogP contribution in [0.5, 0.6) is 5.88 Å². The summed E-state index contributed by atoms with van der Waals surface area (Å²) in [6.45, 7) is 8.10. The molecule has 2 rings (SSSR count). The molecule has 1 radical (unpaired) electrons. The first-order valence-electron chi connectivity index (χ1n) is 6.88. The van der Waals surface area contributed by atoms with Crippen molar-refractivity contribution in [1.82, 2.24) is 9.97 Å². The van der Waals surface area contributed by atoms with Gasteiger partial charge in [0, 0.05) is 21.8 Å². The molecule has 1 aromatic rings. The molecule has 0 amide bonds. The molecule has 0 atom stereocenters. The highest BCUT2D eigenvalue weighted by molar-refractivity contribution is 7.81. The van der Waals surface area contributed by atoms with Gasteiger partial charge in [-0.1, -0.05) is 0 Å². The molecule has 1 saturated carbocycles. The monoisotopic (exact) mass is 293 g/mol. The van der Waals surface area contributed by atoms with Crippen LogP contribution in [0.15, 0.2) is 6.33 Å². The maximum atomic E-state index is 5.98. The Labute approximate surface area is 127 Å². The lowest BCUT2D eigenvalue weighted by Gasteiger charge is -2.38. The summed E-state index contributed by atoms with van der Waals surface area (Å²) >= 11 is 4.60. The predicted octanol–water partition coefficient (Wildman–Crippen LogP) is 2.11. The van der Waals surface area contributed by atoms with Crippen molar-refractivity contribution in [1.29, 1.82) is 0 Å². The van der Waals surface area contributed by atoms with Crippen LogP contribution in [0, 0.1) is 0 Å². The summed E-state index contributed by atoms with van der Waals surface area (Å²) in [4.78, 5) is 8.56. The summed E-state index contributed by atoms with van der Waals surface area (Å²) in [5, 5.41) is 0. The Bertz CT molecular complexity index is 485. The molecule has 1 aliphatic rings. The van der Waals surface area contributed by atoms with Gasteiger partial charge < -0.3 is 9.39 Å². The van der Waals surface area contributed by atoms with E-state index in [1.54, 1.807) is 20.9 Å². The van der Waals surface area contributed by atoms with Crippen LogP contribution in [0.4, 0.5) is 0 Å². The molecule has 1 fully saturated rings. The molecule has 0 spiro atoms. The van der Waals surface area contributed by atoms with Crippen molar-refractivity contribution < 1.29 is 9.39 Å². The second-order valence-corrected chi connectivity index (χ2v) is 7.38.